The Morgan fingerprint density at radius 3 is 2.41 bits per heavy atom. The van der Waals surface area contributed by atoms with Crippen LogP contribution in [0.2, 0.25) is 0 Å². The number of aromatic nitrogens is 1. The lowest BCUT2D eigenvalue weighted by atomic mass is 10.1. The average molecular weight is 311 g/mol. The number of thiazole rings is 1. The molecule has 0 N–H and O–H groups in total. The Labute approximate surface area is 134 Å². The Kier molecular flexibility index (Phi) is 4.11. The first-order valence-corrected chi connectivity index (χ1v) is 7.85. The standard InChI is InChI=1S/C18H17NO2S/c1-12-9-14(10-16(20-2)17(12)21-3)15-11-22-18(19-15)13-7-5-4-6-8-13/h4-11H,1-3H3. The summed E-state index contributed by atoms with van der Waals surface area (Å²) < 4.78 is 10.8. The van der Waals surface area contributed by atoms with Crippen LogP contribution in [-0.4, -0.2) is 19.2 Å². The fourth-order valence-corrected chi connectivity index (χ4v) is 3.26. The normalized spacial score (nSPS) is 10.5. The lowest BCUT2D eigenvalue weighted by Crippen LogP contribution is -1.94. The van der Waals surface area contributed by atoms with E-state index in [1.54, 1.807) is 25.6 Å². The van der Waals surface area contributed by atoms with Crippen molar-refractivity contribution in [1.82, 2.24) is 4.98 Å². The van der Waals surface area contributed by atoms with Gasteiger partial charge in [-0.25, -0.2) is 4.98 Å². The van der Waals surface area contributed by atoms with Gasteiger partial charge in [-0.1, -0.05) is 30.3 Å². The molecule has 2 aromatic carbocycles. The Morgan fingerprint density at radius 1 is 0.955 bits per heavy atom. The highest BCUT2D eigenvalue weighted by molar-refractivity contribution is 7.13. The SMILES string of the molecule is COc1cc(-c2csc(-c3ccccc3)n2)cc(C)c1OC. The zero-order chi connectivity index (χ0) is 15.5. The first-order chi connectivity index (χ1) is 10.7. The van der Waals surface area contributed by atoms with Gasteiger partial charge in [-0.05, 0) is 24.6 Å². The molecule has 0 fully saturated rings. The van der Waals surface area contributed by atoms with Crippen molar-refractivity contribution in [3.8, 4) is 33.3 Å². The van der Waals surface area contributed by atoms with Gasteiger partial charge in [0.2, 0.25) is 0 Å². The molecule has 3 rings (SSSR count). The van der Waals surface area contributed by atoms with Gasteiger partial charge in [-0.3, -0.25) is 0 Å². The average Bonchev–Trinajstić information content (AvgIpc) is 3.05. The van der Waals surface area contributed by atoms with Crippen LogP contribution in [-0.2, 0) is 0 Å². The highest BCUT2D eigenvalue weighted by Gasteiger charge is 2.13. The van der Waals surface area contributed by atoms with Crippen molar-refractivity contribution in [1.29, 1.82) is 0 Å². The van der Waals surface area contributed by atoms with Crippen molar-refractivity contribution in [3.63, 3.8) is 0 Å². The first-order valence-electron chi connectivity index (χ1n) is 6.97. The fourth-order valence-electron chi connectivity index (χ4n) is 2.42. The van der Waals surface area contributed by atoms with Crippen LogP contribution >= 0.6 is 11.3 Å². The van der Waals surface area contributed by atoms with Crippen LogP contribution in [0.5, 0.6) is 11.5 Å². The van der Waals surface area contributed by atoms with Gasteiger partial charge in [0.05, 0.1) is 19.9 Å². The molecule has 4 heteroatoms. The third-order valence-electron chi connectivity index (χ3n) is 3.49. The van der Waals surface area contributed by atoms with E-state index in [1.165, 1.54) is 0 Å². The van der Waals surface area contributed by atoms with Crippen LogP contribution < -0.4 is 9.47 Å². The summed E-state index contributed by atoms with van der Waals surface area (Å²) in [5, 5.41) is 3.09. The molecule has 0 saturated heterocycles. The number of rotatable bonds is 4. The molecular formula is C18H17NO2S. The summed E-state index contributed by atoms with van der Waals surface area (Å²) in [5.74, 6) is 1.50. The van der Waals surface area contributed by atoms with E-state index in [0.29, 0.717) is 0 Å². The Hall–Kier alpha value is -2.33. The number of hydrogen-bond donors (Lipinski definition) is 0. The maximum atomic E-state index is 5.42. The van der Waals surface area contributed by atoms with E-state index in [4.69, 9.17) is 14.5 Å². The van der Waals surface area contributed by atoms with Gasteiger partial charge < -0.3 is 9.47 Å². The topological polar surface area (TPSA) is 31.4 Å². The minimum atomic E-state index is 0.728. The van der Waals surface area contributed by atoms with E-state index in [-0.39, 0.29) is 0 Å². The summed E-state index contributed by atoms with van der Waals surface area (Å²) in [7, 11) is 3.30. The van der Waals surface area contributed by atoms with Gasteiger partial charge in [-0.15, -0.1) is 11.3 Å². The van der Waals surface area contributed by atoms with Crippen LogP contribution in [0, 0.1) is 6.92 Å². The number of nitrogens with zero attached hydrogens (tertiary/aromatic N) is 1. The van der Waals surface area contributed by atoms with Gasteiger partial charge in [0.25, 0.3) is 0 Å². The molecule has 0 saturated carbocycles. The van der Waals surface area contributed by atoms with Crippen molar-refractivity contribution in [2.45, 2.75) is 6.92 Å². The van der Waals surface area contributed by atoms with Crippen LogP contribution in [0.1, 0.15) is 5.56 Å². The lowest BCUT2D eigenvalue weighted by molar-refractivity contribution is 0.353. The summed E-state index contributed by atoms with van der Waals surface area (Å²) in [6.45, 7) is 2.01. The second-order valence-corrected chi connectivity index (χ2v) is 5.79. The molecular weight excluding hydrogens is 294 g/mol. The molecule has 0 radical (unpaired) electrons. The van der Waals surface area contributed by atoms with E-state index in [1.807, 2.05) is 31.2 Å². The quantitative estimate of drug-likeness (QED) is 0.693. The molecule has 0 aliphatic rings. The maximum Gasteiger partial charge on any atom is 0.163 e. The van der Waals surface area contributed by atoms with Gasteiger partial charge in [0.15, 0.2) is 11.5 Å². The molecule has 0 atom stereocenters. The fraction of sp³-hybridized carbons (Fsp3) is 0.167. The summed E-state index contributed by atoms with van der Waals surface area (Å²) in [6.07, 6.45) is 0. The van der Waals surface area contributed by atoms with Crippen molar-refractivity contribution in [3.05, 3.63) is 53.4 Å². The smallest absolute Gasteiger partial charge is 0.163 e. The van der Waals surface area contributed by atoms with Crippen molar-refractivity contribution >= 4 is 11.3 Å². The molecule has 0 bridgehead atoms. The predicted octanol–water partition coefficient (Wildman–Crippen LogP) is 4.80. The van der Waals surface area contributed by atoms with E-state index in [2.05, 4.69) is 23.6 Å². The number of benzene rings is 2. The Morgan fingerprint density at radius 2 is 1.73 bits per heavy atom. The maximum absolute atomic E-state index is 5.42. The minimum Gasteiger partial charge on any atom is -0.493 e. The van der Waals surface area contributed by atoms with E-state index in [9.17, 15) is 0 Å². The highest BCUT2D eigenvalue weighted by atomic mass is 32.1. The molecule has 1 heterocycles. The number of ether oxygens (including phenoxy) is 2. The molecule has 0 amide bonds. The van der Waals surface area contributed by atoms with E-state index < -0.39 is 0 Å². The van der Waals surface area contributed by atoms with Crippen molar-refractivity contribution in [2.75, 3.05) is 14.2 Å². The number of hydrogen-bond acceptors (Lipinski definition) is 4. The minimum absolute atomic E-state index is 0.728. The van der Waals surface area contributed by atoms with Crippen molar-refractivity contribution < 1.29 is 9.47 Å². The zero-order valence-electron chi connectivity index (χ0n) is 12.8. The Balaban J connectivity index is 2.02. The van der Waals surface area contributed by atoms with Gasteiger partial charge in [-0.2, -0.15) is 0 Å². The second kappa shape index (κ2) is 6.20. The molecule has 0 aliphatic carbocycles. The zero-order valence-corrected chi connectivity index (χ0v) is 13.6. The first kappa shape index (κ1) is 14.6. The summed E-state index contributed by atoms with van der Waals surface area (Å²) in [6, 6.07) is 14.2. The Bertz CT molecular complexity index is 781. The van der Waals surface area contributed by atoms with Gasteiger partial charge >= 0.3 is 0 Å². The van der Waals surface area contributed by atoms with E-state index >= 15 is 0 Å². The lowest BCUT2D eigenvalue weighted by Gasteiger charge is -2.11. The van der Waals surface area contributed by atoms with E-state index in [0.717, 1.165) is 38.9 Å². The summed E-state index contributed by atoms with van der Waals surface area (Å²) in [4.78, 5) is 4.74. The predicted molar refractivity (Wildman–Crippen MR) is 90.8 cm³/mol. The largest absolute Gasteiger partial charge is 0.493 e. The van der Waals surface area contributed by atoms with Gasteiger partial charge in [0.1, 0.15) is 5.01 Å². The molecule has 3 nitrogen and oxygen atoms in total. The molecule has 0 aliphatic heterocycles. The molecule has 1 aromatic heterocycles. The highest BCUT2D eigenvalue weighted by Crippen LogP contribution is 2.37. The molecule has 112 valence electrons. The van der Waals surface area contributed by atoms with Crippen LogP contribution in [0.3, 0.4) is 0 Å². The van der Waals surface area contributed by atoms with Crippen LogP contribution in [0.15, 0.2) is 47.8 Å². The number of aryl methyl sites for hydroxylation is 1. The molecule has 0 unspecified atom stereocenters. The molecule has 0 spiro atoms. The summed E-state index contributed by atoms with van der Waals surface area (Å²) in [5.41, 5.74) is 4.16. The van der Waals surface area contributed by atoms with Crippen LogP contribution in [0.4, 0.5) is 0 Å². The van der Waals surface area contributed by atoms with Crippen LogP contribution in [0.25, 0.3) is 21.8 Å². The third-order valence-corrected chi connectivity index (χ3v) is 4.38. The number of methoxy groups -OCH3 is 2. The molecule has 22 heavy (non-hydrogen) atoms. The molecule has 3 aromatic rings. The van der Waals surface area contributed by atoms with Crippen molar-refractivity contribution in [2.24, 2.45) is 0 Å². The summed E-state index contributed by atoms with van der Waals surface area (Å²) >= 11 is 1.64. The van der Waals surface area contributed by atoms with Gasteiger partial charge in [0, 0.05) is 16.5 Å². The third kappa shape index (κ3) is 2.70. The monoisotopic (exact) mass is 311 g/mol. The second-order valence-electron chi connectivity index (χ2n) is 4.93.